The molecular weight excluding hydrogens is 442 g/mol. The number of nitriles is 1. The van der Waals surface area contributed by atoms with Crippen molar-refractivity contribution < 1.29 is 9.47 Å². The van der Waals surface area contributed by atoms with Crippen molar-refractivity contribution >= 4 is 12.2 Å². The van der Waals surface area contributed by atoms with Crippen LogP contribution < -0.4 is 20.5 Å². The summed E-state index contributed by atoms with van der Waals surface area (Å²) in [6.07, 6.45) is 2.49. The van der Waals surface area contributed by atoms with Gasteiger partial charge in [-0.15, -0.1) is 0 Å². The van der Waals surface area contributed by atoms with E-state index >= 15 is 0 Å². The van der Waals surface area contributed by atoms with Crippen molar-refractivity contribution in [3.63, 3.8) is 0 Å². The Hall–Kier alpha value is -4.90. The van der Waals surface area contributed by atoms with E-state index < -0.39 is 5.56 Å². The summed E-state index contributed by atoms with van der Waals surface area (Å²) >= 11 is 0. The summed E-state index contributed by atoms with van der Waals surface area (Å²) in [6.45, 7) is 1.30. The van der Waals surface area contributed by atoms with Crippen molar-refractivity contribution in [2.45, 2.75) is 6.42 Å². The van der Waals surface area contributed by atoms with Gasteiger partial charge in [0, 0.05) is 12.0 Å². The lowest BCUT2D eigenvalue weighted by molar-refractivity contribution is 0.297. The second-order valence-electron chi connectivity index (χ2n) is 7.82. The summed E-state index contributed by atoms with van der Waals surface area (Å²) in [5.41, 5.74) is 6.07. The lowest BCUT2D eigenvalue weighted by Gasteiger charge is -2.09. The summed E-state index contributed by atoms with van der Waals surface area (Å²) in [6, 6.07) is 24.8. The Labute approximate surface area is 201 Å². The summed E-state index contributed by atoms with van der Waals surface area (Å²) in [4.78, 5) is 19.3. The Morgan fingerprint density at radius 1 is 0.943 bits per heavy atom. The minimum Gasteiger partial charge on any atom is -0.490 e. The number of hydrogen-bond acceptors (Lipinski definition) is 7. The zero-order chi connectivity index (χ0) is 24.0. The highest BCUT2D eigenvalue weighted by Gasteiger charge is 2.13. The molecule has 2 N–H and O–H groups in total. The Kier molecular flexibility index (Phi) is 6.22. The molecule has 172 valence electrons. The van der Waals surface area contributed by atoms with E-state index in [4.69, 9.17) is 9.47 Å². The van der Waals surface area contributed by atoms with Crippen LogP contribution in [0.15, 0.2) is 82.7 Å². The van der Waals surface area contributed by atoms with E-state index in [9.17, 15) is 10.1 Å². The van der Waals surface area contributed by atoms with Crippen molar-refractivity contribution in [2.24, 2.45) is 5.10 Å². The lowest BCUT2D eigenvalue weighted by atomic mass is 10.0. The molecule has 8 nitrogen and oxygen atoms in total. The number of aromatic nitrogens is 2. The van der Waals surface area contributed by atoms with Gasteiger partial charge in [0.25, 0.3) is 5.56 Å². The second-order valence-corrected chi connectivity index (χ2v) is 7.82. The molecule has 0 amide bonds. The molecule has 0 saturated heterocycles. The normalized spacial score (nSPS) is 12.7. The topological polar surface area (TPSA) is 112 Å². The van der Waals surface area contributed by atoms with Crippen LogP contribution in [0.4, 0.5) is 5.95 Å². The van der Waals surface area contributed by atoms with Crippen LogP contribution in [0.25, 0.3) is 22.4 Å². The fourth-order valence-corrected chi connectivity index (χ4v) is 3.71. The number of benzene rings is 3. The van der Waals surface area contributed by atoms with E-state index in [1.165, 1.54) is 0 Å². The molecule has 3 aromatic carbocycles. The zero-order valence-electron chi connectivity index (χ0n) is 18.7. The van der Waals surface area contributed by atoms with Crippen LogP contribution in [-0.2, 0) is 0 Å². The van der Waals surface area contributed by atoms with Crippen molar-refractivity contribution in [1.29, 1.82) is 5.26 Å². The zero-order valence-corrected chi connectivity index (χ0v) is 18.7. The van der Waals surface area contributed by atoms with Crippen LogP contribution in [0.2, 0.25) is 0 Å². The van der Waals surface area contributed by atoms with E-state index in [-0.39, 0.29) is 11.5 Å². The second kappa shape index (κ2) is 9.93. The lowest BCUT2D eigenvalue weighted by Crippen LogP contribution is -2.16. The first-order valence-corrected chi connectivity index (χ1v) is 11.1. The van der Waals surface area contributed by atoms with Gasteiger partial charge in [0.05, 0.1) is 25.1 Å². The third kappa shape index (κ3) is 4.89. The van der Waals surface area contributed by atoms with Gasteiger partial charge in [0.15, 0.2) is 11.5 Å². The van der Waals surface area contributed by atoms with Crippen LogP contribution in [0, 0.1) is 11.3 Å². The van der Waals surface area contributed by atoms with E-state index in [1.54, 1.807) is 18.3 Å². The molecule has 0 fully saturated rings. The Balaban J connectivity index is 1.32. The van der Waals surface area contributed by atoms with Crippen LogP contribution >= 0.6 is 0 Å². The molecule has 0 unspecified atom stereocenters. The highest BCUT2D eigenvalue weighted by atomic mass is 16.5. The van der Waals surface area contributed by atoms with Gasteiger partial charge in [-0.1, -0.05) is 60.7 Å². The predicted octanol–water partition coefficient (Wildman–Crippen LogP) is 4.58. The molecule has 2 heterocycles. The SMILES string of the molecule is N#Cc1c(-c2ccccc2)nc(NN=Cc2ccc(-c3ccc4c(c3)OCCCO4)cc2)[nH]c1=O. The fraction of sp³-hybridized carbons (Fsp3) is 0.111. The van der Waals surface area contributed by atoms with Crippen LogP contribution in [0.3, 0.4) is 0 Å². The van der Waals surface area contributed by atoms with Crippen molar-refractivity contribution in [1.82, 2.24) is 9.97 Å². The van der Waals surface area contributed by atoms with Gasteiger partial charge in [-0.2, -0.15) is 10.4 Å². The molecule has 0 radical (unpaired) electrons. The summed E-state index contributed by atoms with van der Waals surface area (Å²) in [5.74, 6) is 1.67. The maximum Gasteiger partial charge on any atom is 0.270 e. The number of fused-ring (bicyclic) bond motifs is 1. The number of anilines is 1. The molecule has 1 aromatic heterocycles. The Morgan fingerprint density at radius 2 is 1.69 bits per heavy atom. The molecule has 4 aromatic rings. The standard InChI is InChI=1S/C27H21N5O3/c28-16-22-25(20-5-2-1-3-6-20)30-27(31-26(22)33)32-29-17-18-7-9-19(10-8-18)21-11-12-23-24(15-21)35-14-4-13-34-23/h1-3,5-12,15,17H,4,13-14H2,(H2,30,31,32,33). The van der Waals surface area contributed by atoms with Gasteiger partial charge in [0.2, 0.25) is 5.95 Å². The first-order valence-electron chi connectivity index (χ1n) is 11.1. The maximum absolute atomic E-state index is 12.4. The molecule has 8 heteroatoms. The van der Waals surface area contributed by atoms with E-state index in [1.807, 2.05) is 66.7 Å². The molecule has 0 aliphatic carbocycles. The van der Waals surface area contributed by atoms with Crippen LogP contribution in [-0.4, -0.2) is 29.4 Å². The molecule has 0 saturated carbocycles. The summed E-state index contributed by atoms with van der Waals surface area (Å²) < 4.78 is 11.5. The van der Waals surface area contributed by atoms with Crippen molar-refractivity contribution in [2.75, 3.05) is 18.6 Å². The Morgan fingerprint density at radius 3 is 2.46 bits per heavy atom. The number of hydrazone groups is 1. The average molecular weight is 463 g/mol. The quantitative estimate of drug-likeness (QED) is 0.331. The summed E-state index contributed by atoms with van der Waals surface area (Å²) in [5, 5.41) is 13.6. The highest BCUT2D eigenvalue weighted by Crippen LogP contribution is 2.34. The summed E-state index contributed by atoms with van der Waals surface area (Å²) in [7, 11) is 0. The largest absolute Gasteiger partial charge is 0.490 e. The molecule has 1 aliphatic rings. The van der Waals surface area contributed by atoms with E-state index in [0.29, 0.717) is 24.5 Å². The number of nitrogens with zero attached hydrogens (tertiary/aromatic N) is 3. The number of nitrogens with one attached hydrogen (secondary N) is 2. The maximum atomic E-state index is 12.4. The third-order valence-corrected chi connectivity index (χ3v) is 5.45. The van der Waals surface area contributed by atoms with E-state index in [0.717, 1.165) is 34.6 Å². The van der Waals surface area contributed by atoms with Gasteiger partial charge < -0.3 is 9.47 Å². The number of ether oxygens (including phenoxy) is 2. The molecule has 1 aliphatic heterocycles. The van der Waals surface area contributed by atoms with E-state index in [2.05, 4.69) is 20.5 Å². The molecule has 0 spiro atoms. The van der Waals surface area contributed by atoms with Gasteiger partial charge in [-0.05, 0) is 28.8 Å². The molecular formula is C27H21N5O3. The molecule has 5 rings (SSSR count). The Bertz CT molecular complexity index is 1470. The minimum absolute atomic E-state index is 0.0453. The first-order chi connectivity index (χ1) is 17.2. The predicted molar refractivity (Wildman–Crippen MR) is 134 cm³/mol. The fourth-order valence-electron chi connectivity index (χ4n) is 3.71. The van der Waals surface area contributed by atoms with Crippen LogP contribution in [0.1, 0.15) is 17.5 Å². The third-order valence-electron chi connectivity index (χ3n) is 5.45. The van der Waals surface area contributed by atoms with Gasteiger partial charge in [-0.25, -0.2) is 10.4 Å². The van der Waals surface area contributed by atoms with Crippen molar-refractivity contribution in [3.8, 4) is 40.0 Å². The minimum atomic E-state index is -0.529. The molecule has 35 heavy (non-hydrogen) atoms. The average Bonchev–Trinajstić information content (AvgIpc) is 3.14. The molecule has 0 bridgehead atoms. The molecule has 0 atom stereocenters. The van der Waals surface area contributed by atoms with Crippen molar-refractivity contribution in [3.05, 3.63) is 94.3 Å². The van der Waals surface area contributed by atoms with Gasteiger partial charge >= 0.3 is 0 Å². The number of hydrogen-bond donors (Lipinski definition) is 2. The number of rotatable bonds is 5. The van der Waals surface area contributed by atoms with Gasteiger partial charge in [-0.3, -0.25) is 9.78 Å². The number of aromatic amines is 1. The number of H-pyrrole nitrogens is 1. The van der Waals surface area contributed by atoms with Crippen LogP contribution in [0.5, 0.6) is 11.5 Å². The first kappa shape index (κ1) is 21.9. The highest BCUT2D eigenvalue weighted by molar-refractivity contribution is 5.81. The smallest absolute Gasteiger partial charge is 0.270 e. The van der Waals surface area contributed by atoms with Gasteiger partial charge in [0.1, 0.15) is 11.6 Å². The monoisotopic (exact) mass is 463 g/mol.